The van der Waals surface area contributed by atoms with Gasteiger partial charge in [-0.25, -0.2) is 9.59 Å². The third-order valence-electron chi connectivity index (χ3n) is 4.32. The van der Waals surface area contributed by atoms with Gasteiger partial charge in [0.25, 0.3) is 0 Å². The quantitative estimate of drug-likeness (QED) is 0.840. The van der Waals surface area contributed by atoms with Crippen molar-refractivity contribution in [2.75, 3.05) is 30.4 Å². The summed E-state index contributed by atoms with van der Waals surface area (Å²) in [5.41, 5.74) is 1.42. The maximum Gasteiger partial charge on any atom is 0.324 e. The lowest BCUT2D eigenvalue weighted by atomic mass is 10.2. The number of carbonyl (C=O) groups excluding carboxylic acids is 2. The standard InChI is InChI=1S/C18H24N6O3/c1-11(2)15-21-22-16(27-15)12(3)19-17(25)20-13-5-7-14(8-6-13)24-10-9-23(4)18(24)26/h5-8,11-12H,9-10H2,1-4H3,(H2,19,20,25)/t12-/m1/s1. The van der Waals surface area contributed by atoms with Crippen molar-refractivity contribution in [2.24, 2.45) is 0 Å². The lowest BCUT2D eigenvalue weighted by molar-refractivity contribution is 0.229. The average Bonchev–Trinajstić information content (AvgIpc) is 3.24. The van der Waals surface area contributed by atoms with Gasteiger partial charge in [-0.2, -0.15) is 0 Å². The number of aromatic nitrogens is 2. The Morgan fingerprint density at radius 1 is 1.11 bits per heavy atom. The molecule has 9 nitrogen and oxygen atoms in total. The summed E-state index contributed by atoms with van der Waals surface area (Å²) in [5.74, 6) is 1.03. The Kier molecular flexibility index (Phi) is 5.29. The van der Waals surface area contributed by atoms with Crippen LogP contribution in [-0.2, 0) is 0 Å². The zero-order valence-corrected chi connectivity index (χ0v) is 15.9. The molecule has 0 radical (unpaired) electrons. The third-order valence-corrected chi connectivity index (χ3v) is 4.32. The van der Waals surface area contributed by atoms with Crippen molar-refractivity contribution in [3.8, 4) is 0 Å². The first-order valence-electron chi connectivity index (χ1n) is 8.88. The van der Waals surface area contributed by atoms with Crippen LogP contribution in [0.5, 0.6) is 0 Å². The van der Waals surface area contributed by atoms with Gasteiger partial charge in [0.15, 0.2) is 0 Å². The number of amides is 4. The molecule has 2 N–H and O–H groups in total. The molecule has 1 atom stereocenters. The van der Waals surface area contributed by atoms with Crippen LogP contribution in [0.15, 0.2) is 28.7 Å². The number of nitrogens with zero attached hydrogens (tertiary/aromatic N) is 4. The van der Waals surface area contributed by atoms with Crippen LogP contribution in [0.2, 0.25) is 0 Å². The number of carbonyl (C=O) groups is 2. The second-order valence-electron chi connectivity index (χ2n) is 6.86. The molecule has 1 aliphatic heterocycles. The molecule has 1 aromatic carbocycles. The first-order valence-corrected chi connectivity index (χ1v) is 8.88. The summed E-state index contributed by atoms with van der Waals surface area (Å²) in [5, 5.41) is 13.4. The number of rotatable bonds is 5. The van der Waals surface area contributed by atoms with Crippen molar-refractivity contribution >= 4 is 23.4 Å². The van der Waals surface area contributed by atoms with E-state index in [1.54, 1.807) is 35.9 Å². The molecule has 2 heterocycles. The highest BCUT2D eigenvalue weighted by atomic mass is 16.4. The first kappa shape index (κ1) is 18.7. The summed E-state index contributed by atoms with van der Waals surface area (Å²) in [6.07, 6.45) is 0. The molecular formula is C18H24N6O3. The maximum absolute atomic E-state index is 12.2. The topological polar surface area (TPSA) is 104 Å². The highest BCUT2D eigenvalue weighted by molar-refractivity contribution is 5.94. The predicted molar refractivity (Wildman–Crippen MR) is 101 cm³/mol. The van der Waals surface area contributed by atoms with Gasteiger partial charge >= 0.3 is 12.1 Å². The normalized spacial score (nSPS) is 15.4. The molecular weight excluding hydrogens is 348 g/mol. The van der Waals surface area contributed by atoms with Crippen LogP contribution in [-0.4, -0.2) is 47.3 Å². The molecule has 0 unspecified atom stereocenters. The Morgan fingerprint density at radius 3 is 2.33 bits per heavy atom. The molecule has 1 fully saturated rings. The van der Waals surface area contributed by atoms with Crippen LogP contribution in [0, 0.1) is 0 Å². The second-order valence-corrected chi connectivity index (χ2v) is 6.86. The van der Waals surface area contributed by atoms with E-state index in [1.165, 1.54) is 0 Å². The zero-order chi connectivity index (χ0) is 19.6. The van der Waals surface area contributed by atoms with Crippen LogP contribution in [0.1, 0.15) is 44.5 Å². The number of hydrogen-bond donors (Lipinski definition) is 2. The SMILES string of the molecule is CC(C)c1nnc([C@@H](C)NC(=O)Nc2ccc(N3CCN(C)C3=O)cc2)o1. The second kappa shape index (κ2) is 7.65. The van der Waals surface area contributed by atoms with Gasteiger partial charge in [-0.05, 0) is 31.2 Å². The summed E-state index contributed by atoms with van der Waals surface area (Å²) in [6.45, 7) is 7.05. The van der Waals surface area contributed by atoms with E-state index < -0.39 is 6.04 Å². The van der Waals surface area contributed by atoms with Gasteiger partial charge in [0.05, 0.1) is 0 Å². The molecule has 1 aromatic heterocycles. The maximum atomic E-state index is 12.2. The molecule has 0 spiro atoms. The number of nitrogens with one attached hydrogen (secondary N) is 2. The number of urea groups is 2. The third kappa shape index (κ3) is 4.18. The van der Waals surface area contributed by atoms with Gasteiger partial charge in [0.2, 0.25) is 11.8 Å². The zero-order valence-electron chi connectivity index (χ0n) is 15.9. The van der Waals surface area contributed by atoms with Crippen molar-refractivity contribution in [1.29, 1.82) is 0 Å². The molecule has 3 rings (SSSR count). The van der Waals surface area contributed by atoms with Gasteiger partial charge in [-0.15, -0.1) is 10.2 Å². The minimum atomic E-state index is -0.415. The van der Waals surface area contributed by atoms with Crippen LogP contribution >= 0.6 is 0 Å². The predicted octanol–water partition coefficient (Wildman–Crippen LogP) is 2.95. The molecule has 0 aliphatic carbocycles. The minimum absolute atomic E-state index is 0.0254. The largest absolute Gasteiger partial charge is 0.423 e. The van der Waals surface area contributed by atoms with E-state index in [-0.39, 0.29) is 18.0 Å². The lowest BCUT2D eigenvalue weighted by Crippen LogP contribution is -2.31. The van der Waals surface area contributed by atoms with E-state index in [0.717, 1.165) is 5.69 Å². The Bertz CT molecular complexity index is 817. The van der Waals surface area contributed by atoms with E-state index in [0.29, 0.717) is 30.6 Å². The summed E-state index contributed by atoms with van der Waals surface area (Å²) < 4.78 is 5.54. The van der Waals surface area contributed by atoms with Crippen molar-refractivity contribution in [3.63, 3.8) is 0 Å². The van der Waals surface area contributed by atoms with Gasteiger partial charge in [0, 0.05) is 37.4 Å². The summed E-state index contributed by atoms with van der Waals surface area (Å²) in [4.78, 5) is 27.6. The molecule has 0 bridgehead atoms. The van der Waals surface area contributed by atoms with Crippen LogP contribution in [0.25, 0.3) is 0 Å². The molecule has 1 aliphatic rings. The van der Waals surface area contributed by atoms with E-state index in [2.05, 4.69) is 20.8 Å². The number of likely N-dealkylation sites (N-methyl/N-ethyl adjacent to an activating group) is 1. The van der Waals surface area contributed by atoms with E-state index >= 15 is 0 Å². The van der Waals surface area contributed by atoms with Crippen LogP contribution in [0.3, 0.4) is 0 Å². The number of benzene rings is 1. The highest BCUT2D eigenvalue weighted by Crippen LogP contribution is 2.22. The molecule has 2 aromatic rings. The Labute approximate surface area is 157 Å². The summed E-state index contributed by atoms with van der Waals surface area (Å²) >= 11 is 0. The minimum Gasteiger partial charge on any atom is -0.423 e. The Balaban J connectivity index is 1.56. The Morgan fingerprint density at radius 2 is 1.78 bits per heavy atom. The number of hydrogen-bond acceptors (Lipinski definition) is 5. The lowest BCUT2D eigenvalue weighted by Gasteiger charge is -2.17. The number of anilines is 2. The van der Waals surface area contributed by atoms with Gasteiger partial charge in [0.1, 0.15) is 6.04 Å². The molecule has 4 amide bonds. The van der Waals surface area contributed by atoms with Crippen molar-refractivity contribution < 1.29 is 14.0 Å². The van der Waals surface area contributed by atoms with Crippen molar-refractivity contribution in [2.45, 2.75) is 32.7 Å². The summed E-state index contributed by atoms with van der Waals surface area (Å²) in [6, 6.07) is 6.32. The molecule has 9 heteroatoms. The fourth-order valence-corrected chi connectivity index (χ4v) is 2.69. The van der Waals surface area contributed by atoms with Crippen LogP contribution < -0.4 is 15.5 Å². The van der Waals surface area contributed by atoms with E-state index in [1.807, 2.05) is 26.0 Å². The molecule has 27 heavy (non-hydrogen) atoms. The fraction of sp³-hybridized carbons (Fsp3) is 0.444. The van der Waals surface area contributed by atoms with Crippen molar-refractivity contribution in [1.82, 2.24) is 20.4 Å². The highest BCUT2D eigenvalue weighted by Gasteiger charge is 2.26. The van der Waals surface area contributed by atoms with Crippen LogP contribution in [0.4, 0.5) is 21.0 Å². The fourth-order valence-electron chi connectivity index (χ4n) is 2.69. The average molecular weight is 372 g/mol. The van der Waals surface area contributed by atoms with Gasteiger partial charge in [-0.3, -0.25) is 4.90 Å². The van der Waals surface area contributed by atoms with E-state index in [9.17, 15) is 9.59 Å². The van der Waals surface area contributed by atoms with Crippen molar-refractivity contribution in [3.05, 3.63) is 36.0 Å². The van der Waals surface area contributed by atoms with Gasteiger partial charge < -0.3 is 20.0 Å². The smallest absolute Gasteiger partial charge is 0.324 e. The molecule has 0 saturated carbocycles. The molecule has 1 saturated heterocycles. The van der Waals surface area contributed by atoms with Gasteiger partial charge in [-0.1, -0.05) is 13.8 Å². The van der Waals surface area contributed by atoms with E-state index in [4.69, 9.17) is 4.42 Å². The first-order chi connectivity index (χ1) is 12.8. The molecule has 144 valence electrons. The summed E-state index contributed by atoms with van der Waals surface area (Å²) in [7, 11) is 1.78. The Hall–Kier alpha value is -3.10. The monoisotopic (exact) mass is 372 g/mol.